The van der Waals surface area contributed by atoms with Crippen LogP contribution in [0.25, 0.3) is 0 Å². The van der Waals surface area contributed by atoms with Gasteiger partial charge < -0.3 is 15.2 Å². The van der Waals surface area contributed by atoms with Gasteiger partial charge in [-0.3, -0.25) is 0 Å². The lowest BCUT2D eigenvalue weighted by Gasteiger charge is -2.10. The molecule has 1 aromatic rings. The number of hydrogen-bond acceptors (Lipinski definition) is 5. The molecule has 0 spiro atoms. The number of hydrogen-bond donors (Lipinski definition) is 1. The van der Waals surface area contributed by atoms with E-state index < -0.39 is 0 Å². The predicted molar refractivity (Wildman–Crippen MR) is 67.3 cm³/mol. The number of anilines is 1. The number of unbranched alkanes of at least 4 members (excludes halogenated alkanes) is 2. The van der Waals surface area contributed by atoms with E-state index in [4.69, 9.17) is 15.2 Å². The molecule has 96 valence electrons. The summed E-state index contributed by atoms with van der Waals surface area (Å²) in [5.74, 6) is 0.833. The first-order chi connectivity index (χ1) is 8.29. The Hall–Kier alpha value is -1.52. The van der Waals surface area contributed by atoms with Crippen LogP contribution in [-0.2, 0) is 0 Å². The van der Waals surface area contributed by atoms with Gasteiger partial charge in [-0.15, -0.1) is 0 Å². The van der Waals surface area contributed by atoms with Crippen molar-refractivity contribution in [2.75, 3.05) is 18.9 Å². The molecule has 2 N–H and O–H groups in total. The molecule has 0 saturated heterocycles. The third-order valence-electron chi connectivity index (χ3n) is 2.28. The SMILES string of the molecule is CCCCOc1ncnc(OCCCC)c1N. The molecular weight excluding hydrogens is 218 g/mol. The quantitative estimate of drug-likeness (QED) is 0.705. The zero-order valence-electron chi connectivity index (χ0n) is 10.6. The molecule has 5 heteroatoms. The zero-order chi connectivity index (χ0) is 12.5. The molecule has 0 unspecified atom stereocenters. The van der Waals surface area contributed by atoms with Crippen molar-refractivity contribution in [1.82, 2.24) is 9.97 Å². The summed E-state index contributed by atoms with van der Waals surface area (Å²) in [6.07, 6.45) is 5.53. The minimum Gasteiger partial charge on any atom is -0.476 e. The van der Waals surface area contributed by atoms with Gasteiger partial charge in [0, 0.05) is 0 Å². The Balaban J connectivity index is 2.56. The van der Waals surface area contributed by atoms with Crippen molar-refractivity contribution in [1.29, 1.82) is 0 Å². The molecule has 1 aromatic heterocycles. The van der Waals surface area contributed by atoms with Gasteiger partial charge in [0.15, 0.2) is 5.69 Å². The average molecular weight is 239 g/mol. The second-order valence-electron chi connectivity index (χ2n) is 3.80. The molecule has 0 bridgehead atoms. The van der Waals surface area contributed by atoms with Crippen molar-refractivity contribution in [2.24, 2.45) is 0 Å². The lowest BCUT2D eigenvalue weighted by molar-refractivity contribution is 0.282. The van der Waals surface area contributed by atoms with Gasteiger partial charge in [0.2, 0.25) is 11.8 Å². The van der Waals surface area contributed by atoms with Gasteiger partial charge >= 0.3 is 0 Å². The van der Waals surface area contributed by atoms with Crippen molar-refractivity contribution in [2.45, 2.75) is 39.5 Å². The van der Waals surface area contributed by atoms with E-state index in [9.17, 15) is 0 Å². The van der Waals surface area contributed by atoms with E-state index in [1.54, 1.807) is 0 Å². The topological polar surface area (TPSA) is 70.3 Å². The van der Waals surface area contributed by atoms with Gasteiger partial charge in [-0.1, -0.05) is 26.7 Å². The first-order valence-electron chi connectivity index (χ1n) is 6.15. The lowest BCUT2D eigenvalue weighted by Crippen LogP contribution is -2.07. The molecule has 17 heavy (non-hydrogen) atoms. The van der Waals surface area contributed by atoms with E-state index in [-0.39, 0.29) is 0 Å². The summed E-state index contributed by atoms with van der Waals surface area (Å²) in [7, 11) is 0. The summed E-state index contributed by atoms with van der Waals surface area (Å²) in [5, 5.41) is 0. The van der Waals surface area contributed by atoms with E-state index >= 15 is 0 Å². The summed E-state index contributed by atoms with van der Waals surface area (Å²) in [6, 6.07) is 0. The van der Waals surface area contributed by atoms with Crippen LogP contribution in [0.15, 0.2) is 6.33 Å². The maximum Gasteiger partial charge on any atom is 0.244 e. The Kier molecular flexibility index (Phi) is 6.14. The van der Waals surface area contributed by atoms with Crippen molar-refractivity contribution in [3.05, 3.63) is 6.33 Å². The summed E-state index contributed by atoms with van der Waals surface area (Å²) < 4.78 is 10.9. The van der Waals surface area contributed by atoms with Crippen molar-refractivity contribution in [3.63, 3.8) is 0 Å². The molecule has 1 heterocycles. The maximum absolute atomic E-state index is 5.87. The van der Waals surface area contributed by atoms with Crippen LogP contribution in [0.2, 0.25) is 0 Å². The third-order valence-corrected chi connectivity index (χ3v) is 2.28. The fraction of sp³-hybridized carbons (Fsp3) is 0.667. The Labute approximate surface area is 102 Å². The summed E-state index contributed by atoms with van der Waals surface area (Å²) in [5.41, 5.74) is 6.26. The van der Waals surface area contributed by atoms with E-state index in [0.717, 1.165) is 25.7 Å². The van der Waals surface area contributed by atoms with Gasteiger partial charge in [0.25, 0.3) is 0 Å². The van der Waals surface area contributed by atoms with Crippen LogP contribution in [0, 0.1) is 0 Å². The summed E-state index contributed by atoms with van der Waals surface area (Å²) in [6.45, 7) is 5.44. The average Bonchev–Trinajstić information content (AvgIpc) is 2.34. The van der Waals surface area contributed by atoms with Crippen LogP contribution in [0.4, 0.5) is 5.69 Å². The normalized spacial score (nSPS) is 10.2. The van der Waals surface area contributed by atoms with Gasteiger partial charge in [0.05, 0.1) is 13.2 Å². The van der Waals surface area contributed by atoms with Gasteiger partial charge in [-0.2, -0.15) is 9.97 Å². The highest BCUT2D eigenvalue weighted by Gasteiger charge is 2.09. The van der Waals surface area contributed by atoms with Crippen LogP contribution in [-0.4, -0.2) is 23.2 Å². The molecule has 0 aliphatic rings. The Morgan fingerprint density at radius 2 is 1.47 bits per heavy atom. The van der Waals surface area contributed by atoms with E-state index in [0.29, 0.717) is 30.7 Å². The largest absolute Gasteiger partial charge is 0.476 e. The van der Waals surface area contributed by atoms with E-state index in [2.05, 4.69) is 23.8 Å². The van der Waals surface area contributed by atoms with Crippen LogP contribution < -0.4 is 15.2 Å². The minimum absolute atomic E-state index is 0.389. The highest BCUT2D eigenvalue weighted by Crippen LogP contribution is 2.26. The molecule has 5 nitrogen and oxygen atoms in total. The smallest absolute Gasteiger partial charge is 0.244 e. The van der Waals surface area contributed by atoms with E-state index in [1.165, 1.54) is 6.33 Å². The monoisotopic (exact) mass is 239 g/mol. The number of nitrogen functional groups attached to an aromatic ring is 1. The highest BCUT2D eigenvalue weighted by atomic mass is 16.5. The van der Waals surface area contributed by atoms with Crippen LogP contribution in [0.1, 0.15) is 39.5 Å². The van der Waals surface area contributed by atoms with Gasteiger partial charge in [-0.05, 0) is 12.8 Å². The molecule has 1 rings (SSSR count). The first-order valence-corrected chi connectivity index (χ1v) is 6.15. The van der Waals surface area contributed by atoms with Crippen LogP contribution >= 0.6 is 0 Å². The number of nitrogens with zero attached hydrogens (tertiary/aromatic N) is 2. The lowest BCUT2D eigenvalue weighted by atomic mass is 10.3. The molecule has 0 atom stereocenters. The number of aromatic nitrogens is 2. The molecule has 0 saturated carbocycles. The fourth-order valence-corrected chi connectivity index (χ4v) is 1.22. The van der Waals surface area contributed by atoms with Crippen LogP contribution in [0.3, 0.4) is 0 Å². The molecule has 0 aromatic carbocycles. The predicted octanol–water partition coefficient (Wildman–Crippen LogP) is 2.42. The van der Waals surface area contributed by atoms with Gasteiger partial charge in [-0.25, -0.2) is 0 Å². The first kappa shape index (κ1) is 13.5. The standard InChI is InChI=1S/C12H21N3O2/c1-3-5-7-16-11-10(13)12(15-9-14-11)17-8-6-4-2/h9H,3-8,13H2,1-2H3. The highest BCUT2D eigenvalue weighted by molar-refractivity contribution is 5.55. The van der Waals surface area contributed by atoms with Gasteiger partial charge in [0.1, 0.15) is 6.33 Å². The Morgan fingerprint density at radius 3 is 1.88 bits per heavy atom. The second-order valence-corrected chi connectivity index (χ2v) is 3.80. The Bertz CT molecular complexity index is 303. The number of nitrogens with two attached hydrogens (primary N) is 1. The Morgan fingerprint density at radius 1 is 1.00 bits per heavy atom. The molecule has 0 radical (unpaired) electrons. The third kappa shape index (κ3) is 4.46. The number of rotatable bonds is 8. The fourth-order valence-electron chi connectivity index (χ4n) is 1.22. The minimum atomic E-state index is 0.389. The molecule has 0 aliphatic carbocycles. The summed E-state index contributed by atoms with van der Waals surface area (Å²) >= 11 is 0. The summed E-state index contributed by atoms with van der Waals surface area (Å²) in [4.78, 5) is 8.00. The second kappa shape index (κ2) is 7.70. The maximum atomic E-state index is 5.87. The van der Waals surface area contributed by atoms with Crippen LogP contribution in [0.5, 0.6) is 11.8 Å². The molecule has 0 amide bonds. The van der Waals surface area contributed by atoms with Crippen molar-refractivity contribution < 1.29 is 9.47 Å². The molecular formula is C12H21N3O2. The van der Waals surface area contributed by atoms with E-state index in [1.807, 2.05) is 0 Å². The molecule has 0 fully saturated rings. The van der Waals surface area contributed by atoms with Crippen molar-refractivity contribution in [3.8, 4) is 11.8 Å². The number of ether oxygens (including phenoxy) is 2. The molecule has 0 aliphatic heterocycles. The zero-order valence-corrected chi connectivity index (χ0v) is 10.6. The van der Waals surface area contributed by atoms with Crippen molar-refractivity contribution >= 4 is 5.69 Å².